The SMILES string of the molecule is COC(=O)N[C@H](C(=O)N1CCC[C@H]1C1NC=C(c2ccc([C@H]3CC[C@@H](c4ccc(C5=CNC([C@@H]6CCCN6C(=O)[C@@H](NC(=O)OC)C(C)C)N5)cc4)N3C3=CCC(C4CC4)C=C3)cc2)N1)C(C)C. The zero-order valence-corrected chi connectivity index (χ0v) is 40.5. The van der Waals surface area contributed by atoms with E-state index in [9.17, 15) is 19.2 Å². The summed E-state index contributed by atoms with van der Waals surface area (Å²) in [5, 5.41) is 19.9. The molecule has 68 heavy (non-hydrogen) atoms. The zero-order valence-electron chi connectivity index (χ0n) is 40.5. The Kier molecular flexibility index (Phi) is 14.0. The highest BCUT2D eigenvalue weighted by Gasteiger charge is 2.43. The molecule has 6 N–H and O–H groups in total. The van der Waals surface area contributed by atoms with Crippen LogP contribution in [-0.2, 0) is 19.1 Å². The summed E-state index contributed by atoms with van der Waals surface area (Å²) in [5.41, 5.74) is 8.04. The van der Waals surface area contributed by atoms with Crippen LogP contribution < -0.4 is 31.9 Å². The Morgan fingerprint density at radius 1 is 0.632 bits per heavy atom. The van der Waals surface area contributed by atoms with Crippen molar-refractivity contribution in [3.8, 4) is 0 Å². The van der Waals surface area contributed by atoms with E-state index < -0.39 is 24.3 Å². The number of rotatable bonds is 14. The monoisotopic (exact) mass is 930 g/mol. The molecule has 2 aromatic rings. The Balaban J connectivity index is 0.865. The van der Waals surface area contributed by atoms with Crippen LogP contribution >= 0.6 is 0 Å². The summed E-state index contributed by atoms with van der Waals surface area (Å²) < 4.78 is 9.65. The molecule has 15 heteroatoms. The van der Waals surface area contributed by atoms with Crippen LogP contribution in [0.2, 0.25) is 0 Å². The molecule has 7 aliphatic rings. The molecule has 2 aromatic carbocycles. The van der Waals surface area contributed by atoms with Gasteiger partial charge in [-0.15, -0.1) is 0 Å². The summed E-state index contributed by atoms with van der Waals surface area (Å²) in [6.07, 6.45) is 19.2. The number of amides is 4. The summed E-state index contributed by atoms with van der Waals surface area (Å²) >= 11 is 0. The van der Waals surface area contributed by atoms with Crippen LogP contribution in [0.3, 0.4) is 0 Å². The van der Waals surface area contributed by atoms with Gasteiger partial charge in [0.1, 0.15) is 24.4 Å². The van der Waals surface area contributed by atoms with Crippen molar-refractivity contribution in [1.82, 2.24) is 46.6 Å². The minimum Gasteiger partial charge on any atom is -0.453 e. The summed E-state index contributed by atoms with van der Waals surface area (Å²) in [5.74, 6) is 1.13. The van der Waals surface area contributed by atoms with Crippen molar-refractivity contribution in [1.29, 1.82) is 0 Å². The number of methoxy groups -OCH3 is 2. The van der Waals surface area contributed by atoms with Crippen LogP contribution in [0.4, 0.5) is 9.59 Å². The Morgan fingerprint density at radius 3 is 1.47 bits per heavy atom. The number of ether oxygens (including phenoxy) is 2. The average molecular weight is 930 g/mol. The van der Waals surface area contributed by atoms with Crippen LogP contribution in [0.1, 0.15) is 120 Å². The third kappa shape index (κ3) is 9.75. The fourth-order valence-corrected chi connectivity index (χ4v) is 11.5. The molecule has 2 aliphatic carbocycles. The molecule has 0 radical (unpaired) electrons. The highest BCUT2D eigenvalue weighted by atomic mass is 16.5. The van der Waals surface area contributed by atoms with Crippen LogP contribution in [0.5, 0.6) is 0 Å². The maximum atomic E-state index is 13.8. The van der Waals surface area contributed by atoms with Gasteiger partial charge < -0.3 is 56.1 Å². The normalized spacial score (nSPS) is 27.4. The lowest BCUT2D eigenvalue weighted by molar-refractivity contribution is -0.136. The van der Waals surface area contributed by atoms with Gasteiger partial charge in [0.05, 0.1) is 49.8 Å². The fourth-order valence-electron chi connectivity index (χ4n) is 11.5. The topological polar surface area (TPSA) is 169 Å². The highest BCUT2D eigenvalue weighted by molar-refractivity contribution is 5.87. The largest absolute Gasteiger partial charge is 0.453 e. The third-order valence-electron chi connectivity index (χ3n) is 15.4. The van der Waals surface area contributed by atoms with Gasteiger partial charge in [-0.2, -0.15) is 0 Å². The lowest BCUT2D eigenvalue weighted by atomic mass is 9.93. The number of hydrogen-bond donors (Lipinski definition) is 6. The van der Waals surface area contributed by atoms with Gasteiger partial charge in [-0.1, -0.05) is 88.4 Å². The summed E-state index contributed by atoms with van der Waals surface area (Å²) in [6.45, 7) is 9.03. The fraction of sp³-hybridized carbons (Fsp3) is 0.547. The van der Waals surface area contributed by atoms with Crippen molar-refractivity contribution in [3.05, 3.63) is 107 Å². The molecule has 9 atom stereocenters. The van der Waals surface area contributed by atoms with E-state index in [-0.39, 0.29) is 60.1 Å². The molecule has 3 unspecified atom stereocenters. The molecule has 0 spiro atoms. The molecule has 0 bridgehead atoms. The van der Waals surface area contributed by atoms with Crippen LogP contribution in [0.15, 0.2) is 84.9 Å². The molecule has 9 rings (SSSR count). The number of nitrogens with zero attached hydrogens (tertiary/aromatic N) is 3. The number of likely N-dealkylation sites (tertiary alicyclic amines) is 3. The number of carbonyl (C=O) groups excluding carboxylic acids is 4. The Morgan fingerprint density at radius 2 is 1.09 bits per heavy atom. The van der Waals surface area contributed by atoms with E-state index in [0.29, 0.717) is 19.0 Å². The first-order valence-electron chi connectivity index (χ1n) is 25.0. The molecular weight excluding hydrogens is 859 g/mol. The van der Waals surface area contributed by atoms with Crippen LogP contribution in [-0.4, -0.2) is 103 Å². The number of nitrogens with one attached hydrogen (secondary N) is 6. The number of alkyl carbamates (subject to hydrolysis) is 2. The maximum Gasteiger partial charge on any atom is 0.407 e. The van der Waals surface area contributed by atoms with Crippen molar-refractivity contribution in [2.45, 2.75) is 134 Å². The molecule has 4 amide bonds. The first-order valence-corrected chi connectivity index (χ1v) is 25.0. The van der Waals surface area contributed by atoms with Gasteiger partial charge in [-0.25, -0.2) is 9.59 Å². The van der Waals surface area contributed by atoms with Gasteiger partial charge in [0.25, 0.3) is 0 Å². The number of allylic oxidation sites excluding steroid dienone is 3. The number of carbonyl (C=O) groups is 4. The second-order valence-corrected chi connectivity index (χ2v) is 20.4. The predicted molar refractivity (Wildman–Crippen MR) is 261 cm³/mol. The minimum absolute atomic E-state index is 0.0626. The molecule has 364 valence electrons. The maximum absolute atomic E-state index is 13.8. The predicted octanol–water partition coefficient (Wildman–Crippen LogP) is 6.81. The Hall–Kier alpha value is -6.12. The third-order valence-corrected chi connectivity index (χ3v) is 15.4. The molecule has 1 saturated carbocycles. The van der Waals surface area contributed by atoms with Gasteiger partial charge in [-0.3, -0.25) is 9.59 Å². The van der Waals surface area contributed by atoms with Crippen LogP contribution in [0, 0.1) is 23.7 Å². The van der Waals surface area contributed by atoms with E-state index in [2.05, 4.69) is 104 Å². The second-order valence-electron chi connectivity index (χ2n) is 20.4. The molecule has 5 heterocycles. The van der Waals surface area contributed by atoms with Crippen molar-refractivity contribution in [3.63, 3.8) is 0 Å². The van der Waals surface area contributed by atoms with E-state index in [4.69, 9.17) is 9.47 Å². The van der Waals surface area contributed by atoms with E-state index >= 15 is 0 Å². The highest BCUT2D eigenvalue weighted by Crippen LogP contribution is 2.49. The first-order chi connectivity index (χ1) is 32.9. The summed E-state index contributed by atoms with van der Waals surface area (Å²) in [6, 6.07) is 17.0. The zero-order chi connectivity index (χ0) is 47.6. The minimum atomic E-state index is -0.658. The first kappa shape index (κ1) is 47.0. The Labute approximate surface area is 401 Å². The molecule has 0 aromatic heterocycles. The molecule has 4 fully saturated rings. The molecule has 15 nitrogen and oxygen atoms in total. The molecule has 3 saturated heterocycles. The van der Waals surface area contributed by atoms with Crippen molar-refractivity contribution >= 4 is 35.4 Å². The van der Waals surface area contributed by atoms with Gasteiger partial charge >= 0.3 is 12.2 Å². The lowest BCUT2D eigenvalue weighted by Gasteiger charge is -2.36. The summed E-state index contributed by atoms with van der Waals surface area (Å²) in [7, 11) is 2.63. The van der Waals surface area contributed by atoms with Crippen LogP contribution in [0.25, 0.3) is 11.4 Å². The number of hydrogen-bond acceptors (Lipinski definition) is 11. The van der Waals surface area contributed by atoms with E-state index in [0.717, 1.165) is 73.4 Å². The number of benzene rings is 2. The Bertz CT molecular complexity index is 2170. The van der Waals surface area contributed by atoms with E-state index in [1.807, 2.05) is 49.9 Å². The molecular formula is C53H71N9O6. The molecule has 5 aliphatic heterocycles. The standard InChI is InChI=1S/C53H71N9O6/c1-31(2)46(58-52(65)67-5)50(63)60-27-7-9-44(60)48-54-29-40(56-48)35-13-17-37(18-14-35)42-25-26-43(62(42)39-23-21-34(22-24-39)33-11-12-33)38-19-15-36(16-20-38)41-30-55-49(57-41)45-10-8-28-61(45)51(64)47(32(3)4)59-53(66)68-6/h13-21,23-24,29-34,42-49,54-57H,7-12,22,25-28H2,1-6H3,(H,58,65)(H,59,66)/t34?,42-,43+,44-,45-,46-,47-,48?,49?/m0/s1. The van der Waals surface area contributed by atoms with Gasteiger partial charge in [0.15, 0.2) is 0 Å². The van der Waals surface area contributed by atoms with Crippen molar-refractivity contribution in [2.24, 2.45) is 23.7 Å². The van der Waals surface area contributed by atoms with Crippen molar-refractivity contribution in [2.75, 3.05) is 27.3 Å². The second kappa shape index (κ2) is 20.2. The summed E-state index contributed by atoms with van der Waals surface area (Å²) in [4.78, 5) is 58.2. The van der Waals surface area contributed by atoms with E-state index in [1.165, 1.54) is 43.9 Å². The van der Waals surface area contributed by atoms with Gasteiger partial charge in [0.2, 0.25) is 11.8 Å². The van der Waals surface area contributed by atoms with E-state index in [1.54, 1.807) is 0 Å². The van der Waals surface area contributed by atoms with Crippen molar-refractivity contribution < 1.29 is 28.7 Å². The average Bonchev–Trinajstić information content (AvgIpc) is 3.97. The van der Waals surface area contributed by atoms with Gasteiger partial charge in [-0.05, 0) is 110 Å². The smallest absolute Gasteiger partial charge is 0.407 e. The quantitative estimate of drug-likeness (QED) is 0.118. The van der Waals surface area contributed by atoms with Gasteiger partial charge in [0, 0.05) is 31.2 Å². The lowest BCUT2D eigenvalue weighted by Crippen LogP contribution is -2.57.